The number of ether oxygens (including phenoxy) is 1. The van der Waals surface area contributed by atoms with E-state index in [0.29, 0.717) is 6.04 Å². The maximum absolute atomic E-state index is 12.4. The first-order chi connectivity index (χ1) is 6.13. The molecule has 0 spiro atoms. The Labute approximate surface area is 80.1 Å². The number of halogens is 1. The van der Waals surface area contributed by atoms with Crippen molar-refractivity contribution < 1.29 is 9.13 Å². The van der Waals surface area contributed by atoms with E-state index in [1.807, 2.05) is 20.9 Å². The Hall–Kier alpha value is -0.150. The van der Waals surface area contributed by atoms with Gasteiger partial charge in [-0.05, 0) is 27.3 Å². The molecule has 0 bridgehead atoms. The fourth-order valence-corrected chi connectivity index (χ4v) is 1.81. The Bertz CT molecular complexity index is 152. The van der Waals surface area contributed by atoms with Crippen LogP contribution in [0.25, 0.3) is 0 Å². The minimum Gasteiger partial charge on any atom is -0.377 e. The molecule has 0 radical (unpaired) electrons. The molecule has 0 N–H and O–H groups in total. The molecule has 0 saturated carbocycles. The van der Waals surface area contributed by atoms with Gasteiger partial charge in [-0.3, -0.25) is 4.39 Å². The smallest absolute Gasteiger partial charge is 0.0935 e. The third-order valence-corrected chi connectivity index (χ3v) is 2.62. The number of alkyl halides is 1. The van der Waals surface area contributed by atoms with Crippen LogP contribution in [0.1, 0.15) is 20.3 Å². The van der Waals surface area contributed by atoms with Crippen LogP contribution in [0.2, 0.25) is 0 Å². The lowest BCUT2D eigenvalue weighted by atomic mass is 10.1. The largest absolute Gasteiger partial charge is 0.377 e. The molecule has 1 heterocycles. The first kappa shape index (κ1) is 10.9. The van der Waals surface area contributed by atoms with Crippen LogP contribution in [-0.2, 0) is 4.74 Å². The lowest BCUT2D eigenvalue weighted by molar-refractivity contribution is 0.0431. The summed E-state index contributed by atoms with van der Waals surface area (Å²) in [5.74, 6) is 0.228. The summed E-state index contributed by atoms with van der Waals surface area (Å²) in [7, 11) is 2.05. The van der Waals surface area contributed by atoms with Crippen molar-refractivity contribution >= 4 is 0 Å². The molecule has 0 aliphatic carbocycles. The summed E-state index contributed by atoms with van der Waals surface area (Å²) in [5, 5.41) is 0. The summed E-state index contributed by atoms with van der Waals surface area (Å²) < 4.78 is 17.9. The lowest BCUT2D eigenvalue weighted by Crippen LogP contribution is -2.30. The Morgan fingerprint density at radius 1 is 1.54 bits per heavy atom. The van der Waals surface area contributed by atoms with Crippen molar-refractivity contribution in [3.8, 4) is 0 Å². The van der Waals surface area contributed by atoms with Crippen molar-refractivity contribution in [1.29, 1.82) is 0 Å². The van der Waals surface area contributed by atoms with Crippen molar-refractivity contribution in [2.45, 2.75) is 32.4 Å². The van der Waals surface area contributed by atoms with E-state index in [1.54, 1.807) is 0 Å². The molecule has 0 aromatic rings. The molecule has 13 heavy (non-hydrogen) atoms. The molecular formula is C10H20FNO. The van der Waals surface area contributed by atoms with Gasteiger partial charge in [0.1, 0.15) is 0 Å². The van der Waals surface area contributed by atoms with E-state index in [-0.39, 0.29) is 18.7 Å². The monoisotopic (exact) mass is 189 g/mol. The van der Waals surface area contributed by atoms with Crippen LogP contribution in [0.15, 0.2) is 0 Å². The summed E-state index contributed by atoms with van der Waals surface area (Å²) >= 11 is 0. The highest BCUT2D eigenvalue weighted by Crippen LogP contribution is 2.22. The number of likely N-dealkylation sites (N-methyl/N-ethyl adjacent to an activating group) is 1. The minimum atomic E-state index is -0.192. The van der Waals surface area contributed by atoms with Gasteiger partial charge in [-0.2, -0.15) is 0 Å². The molecule has 1 rings (SSSR count). The highest BCUT2D eigenvalue weighted by atomic mass is 19.1. The predicted octanol–water partition coefficient (Wildman–Crippen LogP) is 1.70. The molecule has 2 atom stereocenters. The standard InChI is InChI=1S/C10H20FNO/c1-8(2)13-7-10-4-9(5-11)6-12(10)3/h8-10H,4-7H2,1-3H3. The van der Waals surface area contributed by atoms with Gasteiger partial charge in [0.15, 0.2) is 0 Å². The maximum Gasteiger partial charge on any atom is 0.0935 e. The van der Waals surface area contributed by atoms with E-state index >= 15 is 0 Å². The van der Waals surface area contributed by atoms with Gasteiger partial charge in [0, 0.05) is 18.5 Å². The summed E-state index contributed by atoms with van der Waals surface area (Å²) in [6.45, 7) is 5.49. The lowest BCUT2D eigenvalue weighted by Gasteiger charge is -2.20. The van der Waals surface area contributed by atoms with Crippen molar-refractivity contribution in [3.05, 3.63) is 0 Å². The third-order valence-electron chi connectivity index (χ3n) is 2.62. The number of hydrogen-bond acceptors (Lipinski definition) is 2. The average Bonchev–Trinajstić information content (AvgIpc) is 2.43. The van der Waals surface area contributed by atoms with Crippen molar-refractivity contribution in [2.75, 3.05) is 26.9 Å². The fourth-order valence-electron chi connectivity index (χ4n) is 1.81. The Morgan fingerprint density at radius 2 is 2.23 bits per heavy atom. The molecule has 0 aromatic carbocycles. The van der Waals surface area contributed by atoms with E-state index in [0.717, 1.165) is 19.6 Å². The highest BCUT2D eigenvalue weighted by molar-refractivity contribution is 4.82. The zero-order chi connectivity index (χ0) is 9.84. The van der Waals surface area contributed by atoms with Gasteiger partial charge >= 0.3 is 0 Å². The molecule has 1 aliphatic heterocycles. The Morgan fingerprint density at radius 3 is 2.69 bits per heavy atom. The summed E-state index contributed by atoms with van der Waals surface area (Å²) in [5.41, 5.74) is 0. The predicted molar refractivity (Wildman–Crippen MR) is 51.6 cm³/mol. The molecular weight excluding hydrogens is 169 g/mol. The molecule has 78 valence electrons. The zero-order valence-corrected chi connectivity index (χ0v) is 8.79. The van der Waals surface area contributed by atoms with Crippen LogP contribution >= 0.6 is 0 Å². The van der Waals surface area contributed by atoms with Gasteiger partial charge in [-0.1, -0.05) is 0 Å². The minimum absolute atomic E-state index is 0.192. The second kappa shape index (κ2) is 4.91. The second-order valence-electron chi connectivity index (χ2n) is 4.23. The number of likely N-dealkylation sites (tertiary alicyclic amines) is 1. The second-order valence-corrected chi connectivity index (χ2v) is 4.23. The van der Waals surface area contributed by atoms with Gasteiger partial charge < -0.3 is 9.64 Å². The van der Waals surface area contributed by atoms with Gasteiger partial charge in [0.2, 0.25) is 0 Å². The van der Waals surface area contributed by atoms with Gasteiger partial charge in [-0.15, -0.1) is 0 Å². The molecule has 3 heteroatoms. The number of hydrogen-bond donors (Lipinski definition) is 0. The molecule has 1 fully saturated rings. The first-order valence-electron chi connectivity index (χ1n) is 5.01. The van der Waals surface area contributed by atoms with Gasteiger partial charge in [-0.25, -0.2) is 0 Å². The van der Waals surface area contributed by atoms with Crippen molar-refractivity contribution in [1.82, 2.24) is 4.90 Å². The van der Waals surface area contributed by atoms with Crippen LogP contribution in [0.5, 0.6) is 0 Å². The average molecular weight is 189 g/mol. The topological polar surface area (TPSA) is 12.5 Å². The Balaban J connectivity index is 2.26. The number of rotatable bonds is 4. The van der Waals surface area contributed by atoms with E-state index in [4.69, 9.17) is 4.74 Å². The summed E-state index contributed by atoms with van der Waals surface area (Å²) in [6, 6.07) is 0.420. The Kier molecular flexibility index (Phi) is 4.13. The summed E-state index contributed by atoms with van der Waals surface area (Å²) in [4.78, 5) is 2.20. The highest BCUT2D eigenvalue weighted by Gasteiger charge is 2.29. The van der Waals surface area contributed by atoms with Crippen LogP contribution in [0.3, 0.4) is 0 Å². The SMILES string of the molecule is CC(C)OCC1CC(CF)CN1C. The molecule has 0 aromatic heterocycles. The van der Waals surface area contributed by atoms with Crippen LogP contribution in [0, 0.1) is 5.92 Å². The number of nitrogens with zero attached hydrogens (tertiary/aromatic N) is 1. The molecule has 2 unspecified atom stereocenters. The molecule has 0 amide bonds. The van der Waals surface area contributed by atoms with E-state index in [2.05, 4.69) is 4.90 Å². The van der Waals surface area contributed by atoms with Crippen LogP contribution in [-0.4, -0.2) is 43.9 Å². The normalized spacial score (nSPS) is 30.2. The van der Waals surface area contributed by atoms with E-state index < -0.39 is 0 Å². The van der Waals surface area contributed by atoms with Crippen molar-refractivity contribution in [3.63, 3.8) is 0 Å². The molecule has 2 nitrogen and oxygen atoms in total. The van der Waals surface area contributed by atoms with Gasteiger partial charge in [0.25, 0.3) is 0 Å². The first-order valence-corrected chi connectivity index (χ1v) is 5.01. The van der Waals surface area contributed by atoms with Crippen molar-refractivity contribution in [2.24, 2.45) is 5.92 Å². The van der Waals surface area contributed by atoms with E-state index in [1.165, 1.54) is 0 Å². The molecule has 1 aliphatic rings. The zero-order valence-electron chi connectivity index (χ0n) is 8.79. The van der Waals surface area contributed by atoms with Crippen LogP contribution in [0.4, 0.5) is 4.39 Å². The quantitative estimate of drug-likeness (QED) is 0.667. The van der Waals surface area contributed by atoms with Gasteiger partial charge in [0.05, 0.1) is 19.4 Å². The van der Waals surface area contributed by atoms with E-state index in [9.17, 15) is 4.39 Å². The third kappa shape index (κ3) is 3.24. The fraction of sp³-hybridized carbons (Fsp3) is 1.00. The summed E-state index contributed by atoms with van der Waals surface area (Å²) in [6.07, 6.45) is 1.22. The maximum atomic E-state index is 12.4. The van der Waals surface area contributed by atoms with Crippen LogP contribution < -0.4 is 0 Å². The molecule has 1 saturated heterocycles.